The smallest absolute Gasteiger partial charge is 0.240 e. The second kappa shape index (κ2) is 4.75. The van der Waals surface area contributed by atoms with Crippen LogP contribution in [0.15, 0.2) is 24.3 Å². The first kappa shape index (κ1) is 11.9. The molecule has 92 valence electrons. The molecule has 0 radical (unpaired) electrons. The number of aryl methyl sites for hydroxylation is 1. The molecule has 0 atom stereocenters. The van der Waals surface area contributed by atoms with E-state index in [2.05, 4.69) is 5.32 Å². The molecule has 0 aliphatic heterocycles. The number of hydrogen-bond acceptors (Lipinski definition) is 3. The van der Waals surface area contributed by atoms with Crippen molar-refractivity contribution in [2.45, 2.75) is 25.3 Å². The molecule has 0 aromatic heterocycles. The van der Waals surface area contributed by atoms with E-state index in [4.69, 9.17) is 10.5 Å². The van der Waals surface area contributed by atoms with Gasteiger partial charge in [-0.3, -0.25) is 4.79 Å². The molecule has 2 rings (SSSR count). The van der Waals surface area contributed by atoms with Crippen molar-refractivity contribution in [3.8, 4) is 5.75 Å². The molecule has 4 nitrogen and oxygen atoms in total. The van der Waals surface area contributed by atoms with Gasteiger partial charge in [-0.1, -0.05) is 18.2 Å². The third kappa shape index (κ3) is 2.97. The Morgan fingerprint density at radius 1 is 1.47 bits per heavy atom. The summed E-state index contributed by atoms with van der Waals surface area (Å²) in [6, 6.07) is 7.81. The zero-order valence-electron chi connectivity index (χ0n) is 10.0. The molecule has 1 amide bonds. The molecule has 1 aliphatic carbocycles. The lowest BCUT2D eigenvalue weighted by Gasteiger charge is -2.11. The van der Waals surface area contributed by atoms with Crippen LogP contribution < -0.4 is 15.8 Å². The van der Waals surface area contributed by atoms with Crippen LogP contribution in [0.4, 0.5) is 0 Å². The SMILES string of the molecule is Cc1ccccc1OCCNC(=O)C1(N)CC1. The standard InChI is InChI=1S/C13H18N2O2/c1-10-4-2-3-5-11(10)17-9-8-15-12(16)13(14)6-7-13/h2-5H,6-9,14H2,1H3,(H,15,16). The first-order chi connectivity index (χ1) is 8.12. The largest absolute Gasteiger partial charge is 0.491 e. The van der Waals surface area contributed by atoms with Gasteiger partial charge in [-0.2, -0.15) is 0 Å². The Morgan fingerprint density at radius 3 is 2.82 bits per heavy atom. The highest BCUT2D eigenvalue weighted by Gasteiger charge is 2.45. The fourth-order valence-electron chi connectivity index (χ4n) is 1.58. The second-order valence-corrected chi connectivity index (χ2v) is 4.53. The van der Waals surface area contributed by atoms with E-state index in [1.807, 2.05) is 31.2 Å². The van der Waals surface area contributed by atoms with Gasteiger partial charge in [0.1, 0.15) is 12.4 Å². The van der Waals surface area contributed by atoms with Crippen LogP contribution in [0.5, 0.6) is 5.75 Å². The van der Waals surface area contributed by atoms with E-state index in [0.717, 1.165) is 24.2 Å². The lowest BCUT2D eigenvalue weighted by atomic mass is 10.2. The van der Waals surface area contributed by atoms with E-state index in [1.54, 1.807) is 0 Å². The third-order valence-corrected chi connectivity index (χ3v) is 2.98. The minimum absolute atomic E-state index is 0.0640. The maximum atomic E-state index is 11.5. The van der Waals surface area contributed by atoms with Crippen molar-refractivity contribution < 1.29 is 9.53 Å². The zero-order chi connectivity index (χ0) is 12.3. The fourth-order valence-corrected chi connectivity index (χ4v) is 1.58. The molecule has 0 unspecified atom stereocenters. The molecule has 1 aromatic carbocycles. The highest BCUT2D eigenvalue weighted by Crippen LogP contribution is 2.31. The summed E-state index contributed by atoms with van der Waals surface area (Å²) < 4.78 is 5.56. The van der Waals surface area contributed by atoms with Crippen LogP contribution in [0.2, 0.25) is 0 Å². The number of amides is 1. The lowest BCUT2D eigenvalue weighted by molar-refractivity contribution is -0.123. The average Bonchev–Trinajstić information content (AvgIpc) is 3.06. The van der Waals surface area contributed by atoms with Gasteiger partial charge in [0.25, 0.3) is 0 Å². The Morgan fingerprint density at radius 2 is 2.18 bits per heavy atom. The Balaban J connectivity index is 1.70. The van der Waals surface area contributed by atoms with E-state index in [1.165, 1.54) is 0 Å². The summed E-state index contributed by atoms with van der Waals surface area (Å²) in [6.07, 6.45) is 1.58. The zero-order valence-corrected chi connectivity index (χ0v) is 10.0. The highest BCUT2D eigenvalue weighted by molar-refractivity contribution is 5.88. The van der Waals surface area contributed by atoms with Crippen LogP contribution >= 0.6 is 0 Å². The molecule has 1 aliphatic rings. The van der Waals surface area contributed by atoms with Gasteiger partial charge >= 0.3 is 0 Å². The number of nitrogens with one attached hydrogen (secondary N) is 1. The summed E-state index contributed by atoms with van der Waals surface area (Å²) in [4.78, 5) is 11.5. The Labute approximate surface area is 101 Å². The molecular weight excluding hydrogens is 216 g/mol. The molecule has 0 spiro atoms. The fraction of sp³-hybridized carbons (Fsp3) is 0.462. The summed E-state index contributed by atoms with van der Waals surface area (Å²) >= 11 is 0. The van der Waals surface area contributed by atoms with Crippen molar-refractivity contribution in [1.82, 2.24) is 5.32 Å². The normalized spacial score (nSPS) is 16.4. The number of rotatable bonds is 5. The molecule has 1 fully saturated rings. The number of nitrogens with two attached hydrogens (primary N) is 1. The number of carbonyl (C=O) groups excluding carboxylic acids is 1. The lowest BCUT2D eigenvalue weighted by Crippen LogP contribution is -2.44. The number of benzene rings is 1. The maximum absolute atomic E-state index is 11.5. The summed E-state index contributed by atoms with van der Waals surface area (Å²) in [5.74, 6) is 0.793. The quantitative estimate of drug-likeness (QED) is 0.746. The number of ether oxygens (including phenoxy) is 1. The van der Waals surface area contributed by atoms with Crippen molar-refractivity contribution in [2.24, 2.45) is 5.73 Å². The van der Waals surface area contributed by atoms with Crippen molar-refractivity contribution in [1.29, 1.82) is 0 Å². The van der Waals surface area contributed by atoms with Crippen molar-refractivity contribution in [2.75, 3.05) is 13.2 Å². The molecule has 3 N–H and O–H groups in total. The van der Waals surface area contributed by atoms with Gasteiger partial charge in [-0.15, -0.1) is 0 Å². The van der Waals surface area contributed by atoms with Crippen LogP contribution in [-0.4, -0.2) is 24.6 Å². The third-order valence-electron chi connectivity index (χ3n) is 2.98. The highest BCUT2D eigenvalue weighted by atomic mass is 16.5. The average molecular weight is 234 g/mol. The van der Waals surface area contributed by atoms with Gasteiger partial charge in [-0.25, -0.2) is 0 Å². The summed E-state index contributed by atoms with van der Waals surface area (Å²) in [6.45, 7) is 2.95. The Hall–Kier alpha value is -1.55. The van der Waals surface area contributed by atoms with Gasteiger partial charge in [0, 0.05) is 0 Å². The van der Waals surface area contributed by atoms with Gasteiger partial charge in [0.15, 0.2) is 0 Å². The topological polar surface area (TPSA) is 64.3 Å². The molecule has 0 saturated heterocycles. The molecule has 0 bridgehead atoms. The summed E-state index contributed by atoms with van der Waals surface area (Å²) in [7, 11) is 0. The first-order valence-corrected chi connectivity index (χ1v) is 5.87. The Bertz CT molecular complexity index is 414. The van der Waals surface area contributed by atoms with E-state index in [-0.39, 0.29) is 5.91 Å². The van der Waals surface area contributed by atoms with Gasteiger partial charge in [0.05, 0.1) is 12.1 Å². The van der Waals surface area contributed by atoms with Gasteiger partial charge in [-0.05, 0) is 31.4 Å². The van der Waals surface area contributed by atoms with Crippen molar-refractivity contribution in [3.63, 3.8) is 0 Å². The molecule has 1 saturated carbocycles. The van der Waals surface area contributed by atoms with E-state index in [0.29, 0.717) is 13.2 Å². The molecule has 17 heavy (non-hydrogen) atoms. The van der Waals surface area contributed by atoms with Crippen molar-refractivity contribution >= 4 is 5.91 Å². The number of hydrogen-bond donors (Lipinski definition) is 2. The predicted molar refractivity (Wildman–Crippen MR) is 65.8 cm³/mol. The number of para-hydroxylation sites is 1. The van der Waals surface area contributed by atoms with E-state index in [9.17, 15) is 4.79 Å². The maximum Gasteiger partial charge on any atom is 0.240 e. The predicted octanol–water partition coefficient (Wildman–Crippen LogP) is 0.981. The van der Waals surface area contributed by atoms with E-state index >= 15 is 0 Å². The second-order valence-electron chi connectivity index (χ2n) is 4.53. The molecule has 4 heteroatoms. The van der Waals surface area contributed by atoms with Crippen LogP contribution in [-0.2, 0) is 4.79 Å². The number of carbonyl (C=O) groups is 1. The van der Waals surface area contributed by atoms with Crippen LogP contribution in [0.3, 0.4) is 0 Å². The monoisotopic (exact) mass is 234 g/mol. The van der Waals surface area contributed by atoms with Gasteiger partial charge in [0.2, 0.25) is 5.91 Å². The molecular formula is C13H18N2O2. The minimum Gasteiger partial charge on any atom is -0.491 e. The van der Waals surface area contributed by atoms with Gasteiger partial charge < -0.3 is 15.8 Å². The van der Waals surface area contributed by atoms with Crippen molar-refractivity contribution in [3.05, 3.63) is 29.8 Å². The van der Waals surface area contributed by atoms with E-state index < -0.39 is 5.54 Å². The van der Waals surface area contributed by atoms with Crippen LogP contribution in [0.25, 0.3) is 0 Å². The first-order valence-electron chi connectivity index (χ1n) is 5.87. The summed E-state index contributed by atoms with van der Waals surface area (Å²) in [5, 5.41) is 2.79. The summed E-state index contributed by atoms with van der Waals surface area (Å²) in [5.41, 5.74) is 6.25. The van der Waals surface area contributed by atoms with Crippen LogP contribution in [0.1, 0.15) is 18.4 Å². The molecule has 1 aromatic rings. The molecule has 0 heterocycles. The van der Waals surface area contributed by atoms with Crippen LogP contribution in [0, 0.1) is 6.92 Å². The Kier molecular flexibility index (Phi) is 3.33. The minimum atomic E-state index is -0.595.